The predicted molar refractivity (Wildman–Crippen MR) is 62.5 cm³/mol. The van der Waals surface area contributed by atoms with Crippen molar-refractivity contribution in [3.8, 4) is 0 Å². The highest BCUT2D eigenvalue weighted by molar-refractivity contribution is 5.77. The summed E-state index contributed by atoms with van der Waals surface area (Å²) in [5.41, 5.74) is 6.03. The van der Waals surface area contributed by atoms with Crippen molar-refractivity contribution in [2.24, 2.45) is 11.7 Å². The third-order valence-electron chi connectivity index (χ3n) is 3.33. The number of carbonyl (C=O) groups is 1. The Balaban J connectivity index is 2.29. The quantitative estimate of drug-likeness (QED) is 0.755. The second-order valence-electron chi connectivity index (χ2n) is 5.08. The van der Waals surface area contributed by atoms with Crippen LogP contribution >= 0.6 is 0 Å². The largest absolute Gasteiger partial charge is 0.339 e. The standard InChI is InChI=1S/C12H24N2O/c1-4-6-12(13)8-14(9-12)11(15)7-10(3)5-2/h10H,4-9,13H2,1-3H3. The molecule has 1 amide bonds. The highest BCUT2D eigenvalue weighted by Crippen LogP contribution is 2.24. The van der Waals surface area contributed by atoms with Crippen LogP contribution in [0.3, 0.4) is 0 Å². The van der Waals surface area contributed by atoms with Gasteiger partial charge in [0.25, 0.3) is 0 Å². The van der Waals surface area contributed by atoms with Crippen LogP contribution in [0.4, 0.5) is 0 Å². The molecule has 1 aliphatic heterocycles. The molecule has 1 heterocycles. The van der Waals surface area contributed by atoms with Crippen LogP contribution in [-0.2, 0) is 4.79 Å². The van der Waals surface area contributed by atoms with Crippen molar-refractivity contribution in [1.29, 1.82) is 0 Å². The molecule has 1 fully saturated rings. The second kappa shape index (κ2) is 4.97. The average Bonchev–Trinajstić information content (AvgIpc) is 2.14. The summed E-state index contributed by atoms with van der Waals surface area (Å²) in [5.74, 6) is 0.776. The molecular weight excluding hydrogens is 188 g/mol. The van der Waals surface area contributed by atoms with Crippen molar-refractivity contribution in [1.82, 2.24) is 4.90 Å². The zero-order valence-electron chi connectivity index (χ0n) is 10.3. The summed E-state index contributed by atoms with van der Waals surface area (Å²) in [6.45, 7) is 7.91. The fraction of sp³-hybridized carbons (Fsp3) is 0.917. The third kappa shape index (κ3) is 3.20. The molecule has 1 rings (SSSR count). The molecule has 0 radical (unpaired) electrons. The van der Waals surface area contributed by atoms with Gasteiger partial charge in [0, 0.05) is 19.5 Å². The number of hydrogen-bond donors (Lipinski definition) is 1. The molecule has 0 aromatic rings. The zero-order chi connectivity index (χ0) is 11.5. The number of hydrogen-bond acceptors (Lipinski definition) is 2. The Labute approximate surface area is 93.0 Å². The van der Waals surface area contributed by atoms with Crippen LogP contribution in [0.5, 0.6) is 0 Å². The molecule has 0 saturated carbocycles. The van der Waals surface area contributed by atoms with Gasteiger partial charge in [-0.15, -0.1) is 0 Å². The first-order chi connectivity index (χ1) is 7.00. The van der Waals surface area contributed by atoms with E-state index in [9.17, 15) is 4.79 Å². The van der Waals surface area contributed by atoms with Crippen molar-refractivity contribution in [2.75, 3.05) is 13.1 Å². The summed E-state index contributed by atoms with van der Waals surface area (Å²) in [6.07, 6.45) is 3.88. The number of amides is 1. The Morgan fingerprint density at radius 3 is 2.53 bits per heavy atom. The summed E-state index contributed by atoms with van der Waals surface area (Å²) in [6, 6.07) is 0. The Kier molecular flexibility index (Phi) is 4.14. The fourth-order valence-electron chi connectivity index (χ4n) is 2.12. The number of rotatable bonds is 5. The van der Waals surface area contributed by atoms with Crippen molar-refractivity contribution in [2.45, 2.75) is 52.0 Å². The lowest BCUT2D eigenvalue weighted by atomic mass is 9.85. The van der Waals surface area contributed by atoms with E-state index in [0.29, 0.717) is 12.3 Å². The Morgan fingerprint density at radius 1 is 1.47 bits per heavy atom. The van der Waals surface area contributed by atoms with Crippen LogP contribution < -0.4 is 5.73 Å². The molecule has 0 spiro atoms. The fourth-order valence-corrected chi connectivity index (χ4v) is 2.12. The van der Waals surface area contributed by atoms with Gasteiger partial charge in [-0.25, -0.2) is 0 Å². The molecule has 0 aromatic heterocycles. The molecule has 1 atom stereocenters. The van der Waals surface area contributed by atoms with Gasteiger partial charge in [-0.1, -0.05) is 33.6 Å². The maximum Gasteiger partial charge on any atom is 0.222 e. The molecule has 1 unspecified atom stereocenters. The van der Waals surface area contributed by atoms with Crippen molar-refractivity contribution in [3.63, 3.8) is 0 Å². The van der Waals surface area contributed by atoms with Crippen molar-refractivity contribution in [3.05, 3.63) is 0 Å². The number of likely N-dealkylation sites (tertiary alicyclic amines) is 1. The normalized spacial score (nSPS) is 20.9. The van der Waals surface area contributed by atoms with Crippen LogP contribution in [0.25, 0.3) is 0 Å². The Morgan fingerprint density at radius 2 is 2.07 bits per heavy atom. The minimum atomic E-state index is -0.0835. The predicted octanol–water partition coefficient (Wildman–Crippen LogP) is 1.76. The highest BCUT2D eigenvalue weighted by atomic mass is 16.2. The molecule has 3 heteroatoms. The van der Waals surface area contributed by atoms with E-state index in [4.69, 9.17) is 5.73 Å². The van der Waals surface area contributed by atoms with Crippen LogP contribution in [0.1, 0.15) is 46.5 Å². The zero-order valence-corrected chi connectivity index (χ0v) is 10.3. The van der Waals surface area contributed by atoms with Gasteiger partial charge in [0.2, 0.25) is 5.91 Å². The Hall–Kier alpha value is -0.570. The van der Waals surface area contributed by atoms with Crippen LogP contribution in [-0.4, -0.2) is 29.4 Å². The average molecular weight is 212 g/mol. The monoisotopic (exact) mass is 212 g/mol. The van der Waals surface area contributed by atoms with E-state index >= 15 is 0 Å². The molecule has 88 valence electrons. The van der Waals surface area contributed by atoms with Crippen LogP contribution in [0.15, 0.2) is 0 Å². The van der Waals surface area contributed by atoms with Gasteiger partial charge < -0.3 is 10.6 Å². The number of carbonyl (C=O) groups excluding carboxylic acids is 1. The van der Waals surface area contributed by atoms with Crippen molar-refractivity contribution < 1.29 is 4.79 Å². The maximum atomic E-state index is 11.8. The first-order valence-electron chi connectivity index (χ1n) is 6.07. The lowest BCUT2D eigenvalue weighted by molar-refractivity contribution is -0.139. The molecule has 0 aliphatic carbocycles. The first-order valence-corrected chi connectivity index (χ1v) is 6.07. The van der Waals surface area contributed by atoms with E-state index in [1.165, 1.54) is 0 Å². The molecule has 3 nitrogen and oxygen atoms in total. The first kappa shape index (κ1) is 12.5. The van der Waals surface area contributed by atoms with E-state index in [1.807, 2.05) is 4.90 Å². The van der Waals surface area contributed by atoms with Crippen LogP contribution in [0.2, 0.25) is 0 Å². The summed E-state index contributed by atoms with van der Waals surface area (Å²) in [5, 5.41) is 0. The van der Waals surface area contributed by atoms with E-state index in [2.05, 4.69) is 20.8 Å². The van der Waals surface area contributed by atoms with Crippen LogP contribution in [0, 0.1) is 5.92 Å². The van der Waals surface area contributed by atoms with Gasteiger partial charge >= 0.3 is 0 Å². The van der Waals surface area contributed by atoms with E-state index in [0.717, 1.165) is 32.4 Å². The Bertz CT molecular complexity index is 222. The minimum Gasteiger partial charge on any atom is -0.339 e. The molecule has 0 bridgehead atoms. The van der Waals surface area contributed by atoms with Crippen molar-refractivity contribution >= 4 is 5.91 Å². The molecule has 15 heavy (non-hydrogen) atoms. The summed E-state index contributed by atoms with van der Waals surface area (Å²) in [4.78, 5) is 13.7. The number of nitrogens with two attached hydrogens (primary N) is 1. The van der Waals surface area contributed by atoms with Gasteiger partial charge in [0.05, 0.1) is 5.54 Å². The van der Waals surface area contributed by atoms with Gasteiger partial charge in [0.1, 0.15) is 0 Å². The molecule has 2 N–H and O–H groups in total. The van der Waals surface area contributed by atoms with Gasteiger partial charge in [-0.05, 0) is 12.3 Å². The minimum absolute atomic E-state index is 0.0835. The molecule has 1 aliphatic rings. The summed E-state index contributed by atoms with van der Waals surface area (Å²) in [7, 11) is 0. The maximum absolute atomic E-state index is 11.8. The van der Waals surface area contributed by atoms with E-state index in [1.54, 1.807) is 0 Å². The topological polar surface area (TPSA) is 46.3 Å². The molecular formula is C12H24N2O. The van der Waals surface area contributed by atoms with Gasteiger partial charge in [0.15, 0.2) is 0 Å². The SMILES string of the molecule is CCCC1(N)CN(C(=O)CC(C)CC)C1. The van der Waals surface area contributed by atoms with E-state index < -0.39 is 0 Å². The van der Waals surface area contributed by atoms with Gasteiger partial charge in [-0.2, -0.15) is 0 Å². The summed E-state index contributed by atoms with van der Waals surface area (Å²) >= 11 is 0. The lowest BCUT2D eigenvalue weighted by Gasteiger charge is -2.48. The van der Waals surface area contributed by atoms with E-state index in [-0.39, 0.29) is 11.4 Å². The third-order valence-corrected chi connectivity index (χ3v) is 3.33. The smallest absolute Gasteiger partial charge is 0.222 e. The lowest BCUT2D eigenvalue weighted by Crippen LogP contribution is -2.68. The summed E-state index contributed by atoms with van der Waals surface area (Å²) < 4.78 is 0. The highest BCUT2D eigenvalue weighted by Gasteiger charge is 2.40. The molecule has 0 aromatic carbocycles. The second-order valence-corrected chi connectivity index (χ2v) is 5.08. The number of nitrogens with zero attached hydrogens (tertiary/aromatic N) is 1. The molecule has 1 saturated heterocycles. The van der Waals surface area contributed by atoms with Gasteiger partial charge in [-0.3, -0.25) is 4.79 Å².